The lowest BCUT2D eigenvalue weighted by atomic mass is 10.1. The summed E-state index contributed by atoms with van der Waals surface area (Å²) in [5.74, 6) is 0.626. The van der Waals surface area contributed by atoms with Gasteiger partial charge in [-0.3, -0.25) is 0 Å². The Bertz CT molecular complexity index is 562. The average Bonchev–Trinajstić information content (AvgIpc) is 2.43. The van der Waals surface area contributed by atoms with E-state index < -0.39 is 0 Å². The fraction of sp³-hybridized carbons (Fsp3) is 0.250. The number of hydrogen-bond donors (Lipinski definition) is 1. The van der Waals surface area contributed by atoms with Crippen molar-refractivity contribution in [3.8, 4) is 5.75 Å². The molecule has 4 heteroatoms. The molecule has 0 aliphatic carbocycles. The minimum atomic E-state index is -0.207. The van der Waals surface area contributed by atoms with Crippen LogP contribution in [0.4, 0.5) is 4.39 Å². The first kappa shape index (κ1) is 15.0. The summed E-state index contributed by atoms with van der Waals surface area (Å²) in [6.07, 6.45) is 0. The Balaban J connectivity index is 1.76. The number of benzene rings is 2. The number of halogens is 2. The molecule has 106 valence electrons. The Morgan fingerprint density at radius 1 is 1.20 bits per heavy atom. The van der Waals surface area contributed by atoms with Gasteiger partial charge in [0.2, 0.25) is 0 Å². The van der Waals surface area contributed by atoms with Gasteiger partial charge in [0, 0.05) is 17.1 Å². The molecule has 0 saturated carbocycles. The van der Waals surface area contributed by atoms with E-state index in [9.17, 15) is 4.39 Å². The molecule has 0 bridgehead atoms. The molecule has 0 fully saturated rings. The van der Waals surface area contributed by atoms with Crippen molar-refractivity contribution < 1.29 is 9.13 Å². The minimum Gasteiger partial charge on any atom is -0.492 e. The number of hydrogen-bond acceptors (Lipinski definition) is 2. The molecule has 1 atom stereocenters. The SMILES string of the molecule is CC(NCCOc1cccc(Br)c1)c1cccc(F)c1. The van der Waals surface area contributed by atoms with Gasteiger partial charge in [0.1, 0.15) is 18.2 Å². The maximum atomic E-state index is 13.1. The molecule has 0 saturated heterocycles. The van der Waals surface area contributed by atoms with Crippen LogP contribution in [0.1, 0.15) is 18.5 Å². The zero-order valence-electron chi connectivity index (χ0n) is 11.3. The Labute approximate surface area is 127 Å². The van der Waals surface area contributed by atoms with Crippen molar-refractivity contribution in [1.29, 1.82) is 0 Å². The maximum absolute atomic E-state index is 13.1. The second-order valence-corrected chi connectivity index (χ2v) is 5.45. The van der Waals surface area contributed by atoms with Gasteiger partial charge in [0.05, 0.1) is 0 Å². The van der Waals surface area contributed by atoms with Gasteiger partial charge in [0.15, 0.2) is 0 Å². The summed E-state index contributed by atoms with van der Waals surface area (Å²) in [6.45, 7) is 3.27. The van der Waals surface area contributed by atoms with Crippen LogP contribution in [0.2, 0.25) is 0 Å². The molecule has 2 aromatic carbocycles. The topological polar surface area (TPSA) is 21.3 Å². The standard InChI is InChI=1S/C16H17BrFNO/c1-12(13-4-2-6-15(18)10-13)19-8-9-20-16-7-3-5-14(17)11-16/h2-7,10-12,19H,8-9H2,1H3. The highest BCUT2D eigenvalue weighted by atomic mass is 79.9. The van der Waals surface area contributed by atoms with Gasteiger partial charge in [-0.05, 0) is 42.8 Å². The van der Waals surface area contributed by atoms with Crippen molar-refractivity contribution in [2.75, 3.05) is 13.2 Å². The van der Waals surface area contributed by atoms with Crippen LogP contribution in [-0.4, -0.2) is 13.2 Å². The van der Waals surface area contributed by atoms with E-state index in [0.29, 0.717) is 13.2 Å². The molecule has 2 rings (SSSR count). The van der Waals surface area contributed by atoms with Crippen LogP contribution < -0.4 is 10.1 Å². The van der Waals surface area contributed by atoms with Crippen molar-refractivity contribution in [3.05, 3.63) is 64.4 Å². The molecule has 0 spiro atoms. The molecule has 2 aromatic rings. The van der Waals surface area contributed by atoms with Crippen LogP contribution in [0.3, 0.4) is 0 Å². The van der Waals surface area contributed by atoms with E-state index in [1.165, 1.54) is 6.07 Å². The molecular weight excluding hydrogens is 321 g/mol. The monoisotopic (exact) mass is 337 g/mol. The molecule has 0 heterocycles. The van der Waals surface area contributed by atoms with Crippen LogP contribution in [-0.2, 0) is 0 Å². The largest absolute Gasteiger partial charge is 0.492 e. The molecule has 0 aliphatic rings. The highest BCUT2D eigenvalue weighted by molar-refractivity contribution is 9.10. The molecule has 0 aromatic heterocycles. The Morgan fingerprint density at radius 2 is 2.00 bits per heavy atom. The molecule has 2 nitrogen and oxygen atoms in total. The van der Waals surface area contributed by atoms with Crippen LogP contribution >= 0.6 is 15.9 Å². The van der Waals surface area contributed by atoms with Crippen molar-refractivity contribution in [2.24, 2.45) is 0 Å². The quantitative estimate of drug-likeness (QED) is 0.792. The van der Waals surface area contributed by atoms with Crippen LogP contribution in [0.5, 0.6) is 5.75 Å². The second kappa shape index (κ2) is 7.41. The second-order valence-electron chi connectivity index (χ2n) is 4.54. The molecule has 0 radical (unpaired) electrons. The van der Waals surface area contributed by atoms with Gasteiger partial charge in [-0.25, -0.2) is 4.39 Å². The summed E-state index contributed by atoms with van der Waals surface area (Å²) in [5, 5.41) is 3.31. The summed E-state index contributed by atoms with van der Waals surface area (Å²) >= 11 is 3.40. The van der Waals surface area contributed by atoms with E-state index in [-0.39, 0.29) is 11.9 Å². The first-order chi connectivity index (χ1) is 9.65. The van der Waals surface area contributed by atoms with Gasteiger partial charge in [-0.1, -0.05) is 34.1 Å². The van der Waals surface area contributed by atoms with E-state index in [2.05, 4.69) is 21.2 Å². The van der Waals surface area contributed by atoms with Crippen molar-refractivity contribution in [1.82, 2.24) is 5.32 Å². The fourth-order valence-electron chi connectivity index (χ4n) is 1.89. The summed E-state index contributed by atoms with van der Waals surface area (Å²) < 4.78 is 19.7. The van der Waals surface area contributed by atoms with Gasteiger partial charge < -0.3 is 10.1 Å². The van der Waals surface area contributed by atoms with Gasteiger partial charge >= 0.3 is 0 Å². The number of rotatable bonds is 6. The highest BCUT2D eigenvalue weighted by Crippen LogP contribution is 2.17. The van der Waals surface area contributed by atoms with Crippen LogP contribution in [0, 0.1) is 5.82 Å². The third kappa shape index (κ3) is 4.62. The molecular formula is C16H17BrFNO. The van der Waals surface area contributed by atoms with Crippen molar-refractivity contribution in [3.63, 3.8) is 0 Å². The average molecular weight is 338 g/mol. The van der Waals surface area contributed by atoms with Crippen LogP contribution in [0.15, 0.2) is 53.0 Å². The summed E-state index contributed by atoms with van der Waals surface area (Å²) in [6, 6.07) is 14.5. The van der Waals surface area contributed by atoms with Crippen molar-refractivity contribution >= 4 is 15.9 Å². The molecule has 0 amide bonds. The normalized spacial score (nSPS) is 12.2. The predicted molar refractivity (Wildman–Crippen MR) is 82.5 cm³/mol. The third-order valence-electron chi connectivity index (χ3n) is 2.97. The van der Waals surface area contributed by atoms with Gasteiger partial charge in [-0.2, -0.15) is 0 Å². The molecule has 0 aliphatic heterocycles. The summed E-state index contributed by atoms with van der Waals surface area (Å²) in [7, 11) is 0. The van der Waals surface area contributed by atoms with Crippen molar-refractivity contribution in [2.45, 2.75) is 13.0 Å². The van der Waals surface area contributed by atoms with Gasteiger partial charge in [-0.15, -0.1) is 0 Å². The zero-order valence-corrected chi connectivity index (χ0v) is 12.9. The van der Waals surface area contributed by atoms with E-state index in [0.717, 1.165) is 15.8 Å². The lowest BCUT2D eigenvalue weighted by Gasteiger charge is -2.14. The minimum absolute atomic E-state index is 0.0943. The van der Waals surface area contributed by atoms with E-state index in [1.807, 2.05) is 37.3 Å². The number of ether oxygens (including phenoxy) is 1. The smallest absolute Gasteiger partial charge is 0.123 e. The van der Waals surface area contributed by atoms with E-state index in [4.69, 9.17) is 4.74 Å². The Kier molecular flexibility index (Phi) is 5.56. The number of nitrogens with one attached hydrogen (secondary N) is 1. The zero-order chi connectivity index (χ0) is 14.4. The molecule has 1 unspecified atom stereocenters. The third-order valence-corrected chi connectivity index (χ3v) is 3.46. The first-order valence-corrected chi connectivity index (χ1v) is 7.31. The molecule has 1 N–H and O–H groups in total. The summed E-state index contributed by atoms with van der Waals surface area (Å²) in [4.78, 5) is 0. The van der Waals surface area contributed by atoms with Crippen LogP contribution in [0.25, 0.3) is 0 Å². The Hall–Kier alpha value is -1.39. The maximum Gasteiger partial charge on any atom is 0.123 e. The Morgan fingerprint density at radius 3 is 2.75 bits per heavy atom. The van der Waals surface area contributed by atoms with E-state index >= 15 is 0 Å². The lowest BCUT2D eigenvalue weighted by molar-refractivity contribution is 0.307. The fourth-order valence-corrected chi connectivity index (χ4v) is 2.27. The predicted octanol–water partition coefficient (Wildman–Crippen LogP) is 4.32. The highest BCUT2D eigenvalue weighted by Gasteiger charge is 2.05. The summed E-state index contributed by atoms with van der Waals surface area (Å²) in [5.41, 5.74) is 0.937. The lowest BCUT2D eigenvalue weighted by Crippen LogP contribution is -2.24. The molecule has 20 heavy (non-hydrogen) atoms. The van der Waals surface area contributed by atoms with E-state index in [1.54, 1.807) is 12.1 Å². The van der Waals surface area contributed by atoms with Gasteiger partial charge in [0.25, 0.3) is 0 Å². The first-order valence-electron chi connectivity index (χ1n) is 6.52.